The standard InChI is InChI=1S/C12H10S2/c1-7-3-4-9-10(5-7)14-11-6-8(2)13-12(9)11/h3-6H,1-2H3. The van der Waals surface area contributed by atoms with Gasteiger partial charge in [-0.15, -0.1) is 22.7 Å². The van der Waals surface area contributed by atoms with E-state index in [1.54, 1.807) is 0 Å². The first-order valence-electron chi connectivity index (χ1n) is 4.63. The van der Waals surface area contributed by atoms with Crippen molar-refractivity contribution in [2.24, 2.45) is 0 Å². The molecule has 0 N–H and O–H groups in total. The molecule has 0 radical (unpaired) electrons. The van der Waals surface area contributed by atoms with Gasteiger partial charge in [-0.05, 0) is 31.5 Å². The number of hydrogen-bond donors (Lipinski definition) is 0. The highest BCUT2D eigenvalue weighted by molar-refractivity contribution is 7.32. The molecule has 0 aliphatic heterocycles. The van der Waals surface area contributed by atoms with Gasteiger partial charge in [0.1, 0.15) is 0 Å². The van der Waals surface area contributed by atoms with Crippen LogP contribution in [0.2, 0.25) is 0 Å². The van der Waals surface area contributed by atoms with Crippen molar-refractivity contribution in [1.82, 2.24) is 0 Å². The maximum absolute atomic E-state index is 2.29. The predicted octanol–water partition coefficient (Wildman–Crippen LogP) is 4.73. The van der Waals surface area contributed by atoms with Gasteiger partial charge in [0.15, 0.2) is 0 Å². The highest BCUT2D eigenvalue weighted by Gasteiger charge is 2.07. The SMILES string of the molecule is Cc1ccc2c(c1)sc1cc(C)sc12. The molecule has 0 saturated carbocycles. The molecule has 14 heavy (non-hydrogen) atoms. The molecule has 0 aliphatic rings. The van der Waals surface area contributed by atoms with Crippen molar-refractivity contribution in [1.29, 1.82) is 0 Å². The minimum absolute atomic E-state index is 1.35. The molecular formula is C12H10S2. The van der Waals surface area contributed by atoms with E-state index in [-0.39, 0.29) is 0 Å². The first-order valence-corrected chi connectivity index (χ1v) is 6.26. The van der Waals surface area contributed by atoms with Crippen LogP contribution in [0, 0.1) is 13.8 Å². The number of aryl methyl sites for hydroxylation is 2. The molecule has 0 unspecified atom stereocenters. The fourth-order valence-electron chi connectivity index (χ4n) is 1.77. The molecule has 0 nitrogen and oxygen atoms in total. The molecule has 0 aliphatic carbocycles. The summed E-state index contributed by atoms with van der Waals surface area (Å²) in [4.78, 5) is 1.41. The van der Waals surface area contributed by atoms with Crippen molar-refractivity contribution in [3.63, 3.8) is 0 Å². The molecule has 0 bridgehead atoms. The highest BCUT2D eigenvalue weighted by atomic mass is 32.1. The van der Waals surface area contributed by atoms with E-state index >= 15 is 0 Å². The minimum atomic E-state index is 1.35. The average Bonchev–Trinajstić information content (AvgIpc) is 2.59. The Hall–Kier alpha value is -0.860. The van der Waals surface area contributed by atoms with E-state index in [0.29, 0.717) is 0 Å². The van der Waals surface area contributed by atoms with Crippen LogP contribution in [0.1, 0.15) is 10.4 Å². The Kier molecular flexibility index (Phi) is 1.70. The Labute approximate surface area is 90.8 Å². The van der Waals surface area contributed by atoms with Crippen LogP contribution in [-0.4, -0.2) is 0 Å². The third kappa shape index (κ3) is 1.11. The second-order valence-electron chi connectivity index (χ2n) is 3.65. The Morgan fingerprint density at radius 2 is 1.79 bits per heavy atom. The van der Waals surface area contributed by atoms with Gasteiger partial charge in [-0.3, -0.25) is 0 Å². The van der Waals surface area contributed by atoms with Crippen LogP contribution in [0.3, 0.4) is 0 Å². The smallest absolute Gasteiger partial charge is 0.0532 e. The van der Waals surface area contributed by atoms with Crippen molar-refractivity contribution in [3.8, 4) is 0 Å². The fraction of sp³-hybridized carbons (Fsp3) is 0.167. The lowest BCUT2D eigenvalue weighted by atomic mass is 10.2. The molecule has 2 heteroatoms. The molecule has 2 heterocycles. The van der Waals surface area contributed by atoms with Gasteiger partial charge in [0, 0.05) is 19.7 Å². The number of benzene rings is 1. The molecule has 3 aromatic rings. The fourth-order valence-corrected chi connectivity index (χ4v) is 4.31. The summed E-state index contributed by atoms with van der Waals surface area (Å²) >= 11 is 3.81. The summed E-state index contributed by atoms with van der Waals surface area (Å²) in [5.41, 5.74) is 1.35. The maximum atomic E-state index is 2.29. The third-order valence-corrected chi connectivity index (χ3v) is 4.74. The number of fused-ring (bicyclic) bond motifs is 3. The van der Waals surface area contributed by atoms with E-state index in [0.717, 1.165) is 0 Å². The lowest BCUT2D eigenvalue weighted by Crippen LogP contribution is -1.67. The summed E-state index contributed by atoms with van der Waals surface area (Å²) in [5.74, 6) is 0. The average molecular weight is 218 g/mol. The van der Waals surface area contributed by atoms with Gasteiger partial charge < -0.3 is 0 Å². The number of rotatable bonds is 0. The molecule has 0 amide bonds. The Morgan fingerprint density at radius 1 is 0.929 bits per heavy atom. The van der Waals surface area contributed by atoms with Gasteiger partial charge in [-0.1, -0.05) is 12.1 Å². The molecule has 0 spiro atoms. The van der Waals surface area contributed by atoms with Crippen LogP contribution in [0.25, 0.3) is 19.5 Å². The monoisotopic (exact) mass is 218 g/mol. The van der Waals surface area contributed by atoms with Gasteiger partial charge in [0.05, 0.1) is 4.70 Å². The lowest BCUT2D eigenvalue weighted by Gasteiger charge is -1.91. The Balaban J connectivity index is 2.52. The van der Waals surface area contributed by atoms with Crippen molar-refractivity contribution < 1.29 is 0 Å². The van der Waals surface area contributed by atoms with Crippen LogP contribution >= 0.6 is 22.7 Å². The number of thiophene rings is 2. The summed E-state index contributed by atoms with van der Waals surface area (Å²) in [6, 6.07) is 9.02. The van der Waals surface area contributed by atoms with Crippen LogP contribution in [0.5, 0.6) is 0 Å². The zero-order valence-corrected chi connectivity index (χ0v) is 9.76. The molecule has 0 saturated heterocycles. The summed E-state index contributed by atoms with van der Waals surface area (Å²) in [6.45, 7) is 4.33. The first-order chi connectivity index (χ1) is 6.74. The maximum Gasteiger partial charge on any atom is 0.0532 e. The van der Waals surface area contributed by atoms with Crippen molar-refractivity contribution in [2.75, 3.05) is 0 Å². The quantitative estimate of drug-likeness (QED) is 0.511. The van der Waals surface area contributed by atoms with Gasteiger partial charge >= 0.3 is 0 Å². The van der Waals surface area contributed by atoms with Crippen molar-refractivity contribution in [2.45, 2.75) is 13.8 Å². The summed E-state index contributed by atoms with van der Waals surface area (Å²) < 4.78 is 4.32. The Bertz CT molecular complexity index is 610. The zero-order valence-electron chi connectivity index (χ0n) is 8.13. The molecule has 0 fully saturated rings. The van der Waals surface area contributed by atoms with E-state index in [9.17, 15) is 0 Å². The molecule has 1 aromatic carbocycles. The van der Waals surface area contributed by atoms with Crippen LogP contribution in [0.15, 0.2) is 24.3 Å². The Morgan fingerprint density at radius 3 is 2.64 bits per heavy atom. The van der Waals surface area contributed by atoms with Crippen LogP contribution in [-0.2, 0) is 0 Å². The third-order valence-electron chi connectivity index (χ3n) is 2.42. The molecule has 2 aromatic heterocycles. The van der Waals surface area contributed by atoms with Crippen LogP contribution < -0.4 is 0 Å². The normalized spacial score (nSPS) is 11.6. The topological polar surface area (TPSA) is 0 Å². The largest absolute Gasteiger partial charge is 0.139 e. The van der Waals surface area contributed by atoms with Gasteiger partial charge in [0.25, 0.3) is 0 Å². The minimum Gasteiger partial charge on any atom is -0.139 e. The van der Waals surface area contributed by atoms with E-state index in [1.165, 1.54) is 29.9 Å². The molecule has 0 atom stereocenters. The predicted molar refractivity (Wildman–Crippen MR) is 66.7 cm³/mol. The zero-order chi connectivity index (χ0) is 9.71. The van der Waals surface area contributed by atoms with Crippen LogP contribution in [0.4, 0.5) is 0 Å². The van der Waals surface area contributed by atoms with Crippen molar-refractivity contribution >= 4 is 42.2 Å². The first kappa shape index (κ1) is 8.45. The van der Waals surface area contributed by atoms with Gasteiger partial charge in [-0.2, -0.15) is 0 Å². The second kappa shape index (κ2) is 2.81. The molecule has 70 valence electrons. The summed E-state index contributed by atoms with van der Waals surface area (Å²) in [6.07, 6.45) is 0. The molecule has 3 rings (SSSR count). The van der Waals surface area contributed by atoms with E-state index in [4.69, 9.17) is 0 Å². The lowest BCUT2D eigenvalue weighted by molar-refractivity contribution is 1.52. The van der Waals surface area contributed by atoms with E-state index in [1.807, 2.05) is 22.7 Å². The van der Waals surface area contributed by atoms with E-state index in [2.05, 4.69) is 38.1 Å². The number of hydrogen-bond acceptors (Lipinski definition) is 2. The highest BCUT2D eigenvalue weighted by Crippen LogP contribution is 2.39. The van der Waals surface area contributed by atoms with Gasteiger partial charge in [-0.25, -0.2) is 0 Å². The second-order valence-corrected chi connectivity index (χ2v) is 5.99. The summed E-state index contributed by atoms with van der Waals surface area (Å²) in [7, 11) is 0. The molecular weight excluding hydrogens is 208 g/mol. The summed E-state index contributed by atoms with van der Waals surface area (Å²) in [5, 5.41) is 1.42. The van der Waals surface area contributed by atoms with E-state index < -0.39 is 0 Å². The van der Waals surface area contributed by atoms with Crippen molar-refractivity contribution in [3.05, 3.63) is 34.7 Å². The van der Waals surface area contributed by atoms with Gasteiger partial charge in [0.2, 0.25) is 0 Å².